The van der Waals surface area contributed by atoms with Crippen LogP contribution in [0.25, 0.3) is 0 Å². The van der Waals surface area contributed by atoms with E-state index in [4.69, 9.17) is 30.6 Å². The molecule has 0 aromatic rings. The van der Waals surface area contributed by atoms with Crippen LogP contribution in [0.1, 0.15) is 0 Å². The average molecular weight is 448 g/mol. The Morgan fingerprint density at radius 3 is 0.643 bits per heavy atom. The van der Waals surface area contributed by atoms with Gasteiger partial charge in [-0.2, -0.15) is 0 Å². The van der Waals surface area contributed by atoms with Gasteiger partial charge in [0.2, 0.25) is 0 Å². The first-order chi connectivity index (χ1) is 3.46. The van der Waals surface area contributed by atoms with E-state index in [1.807, 2.05) is 0 Å². The molecule has 0 bridgehead atoms. The fourth-order valence-electron chi connectivity index (χ4n) is 0. The van der Waals surface area contributed by atoms with E-state index in [0.29, 0.717) is 0 Å². The van der Waals surface area contributed by atoms with Crippen LogP contribution in [0, 0.1) is 61.8 Å². The smallest absolute Gasteiger partial charge is 0.0689 e. The Bertz CT molecular complexity index is 71.3. The van der Waals surface area contributed by atoms with Crippen LogP contribution in [-0.4, -0.2) is 26.6 Å². The van der Waals surface area contributed by atoms with Gasteiger partial charge in [0.1, 0.15) is 0 Å². The molecule has 0 aromatic heterocycles. The fourth-order valence-corrected chi connectivity index (χ4v) is 0. The SMILES string of the molecule is O.O.O.O=[N+]([O-])[O-].O=[N+]([O-])[O-].[O-2].[O-2].[U]. The molecule has 0 aromatic carbocycles. The third kappa shape index (κ3) is 2110. The van der Waals surface area contributed by atoms with Crippen molar-refractivity contribution in [2.24, 2.45) is 0 Å². The van der Waals surface area contributed by atoms with Crippen molar-refractivity contribution < 1.29 is 68.7 Å². The summed E-state index contributed by atoms with van der Waals surface area (Å²) in [6, 6.07) is 0. The van der Waals surface area contributed by atoms with Gasteiger partial charge in [-0.3, -0.25) is 0 Å². The fraction of sp³-hybridized carbons (Fsp3) is 0. The van der Waals surface area contributed by atoms with E-state index in [1.165, 1.54) is 0 Å². The van der Waals surface area contributed by atoms with Crippen molar-refractivity contribution in [3.05, 3.63) is 30.6 Å². The Balaban J connectivity index is -0.00000000600. The Kier molecular flexibility index (Phi) is 290. The normalized spacial score (nSPS) is 3.43. The third-order valence-electron chi connectivity index (χ3n) is 0. The van der Waals surface area contributed by atoms with Crippen molar-refractivity contribution in [2.45, 2.75) is 0 Å². The van der Waals surface area contributed by atoms with Crippen LogP contribution < -0.4 is 0 Å². The minimum absolute atomic E-state index is 0. The van der Waals surface area contributed by atoms with E-state index < -0.39 is 10.2 Å². The van der Waals surface area contributed by atoms with Crippen LogP contribution in [0.5, 0.6) is 0 Å². The summed E-state index contributed by atoms with van der Waals surface area (Å²) >= 11 is 0. The van der Waals surface area contributed by atoms with E-state index in [1.54, 1.807) is 0 Å². The van der Waals surface area contributed by atoms with Crippen LogP contribution >= 0.6 is 0 Å². The maximum absolute atomic E-state index is 8.25. The maximum Gasteiger partial charge on any atom is 0.0689 e. The Labute approximate surface area is 99.5 Å². The molecule has 0 fully saturated rings. The summed E-state index contributed by atoms with van der Waals surface area (Å²) < 4.78 is 0. The molecule has 0 atom stereocenters. The second kappa shape index (κ2) is 56.2. The first-order valence-corrected chi connectivity index (χ1v) is 1.10. The Morgan fingerprint density at radius 2 is 0.643 bits per heavy atom. The Morgan fingerprint density at radius 1 is 0.643 bits per heavy atom. The van der Waals surface area contributed by atoms with Gasteiger partial charge < -0.3 is 58.0 Å². The molecule has 14 heteroatoms. The standard InChI is InChI=1S/2NO3.3H2O.2O.U/c2*2-1(3)4;;;;;;/h;;3*1H2;;;/q2*-1;;;;2*-2;. The predicted octanol–water partition coefficient (Wildman–Crippen LogP) is -3.19. The largest absolute Gasteiger partial charge is 2.00 e. The molecule has 0 heterocycles. The molecular weight excluding hydrogens is 442 g/mol. The molecule has 14 heavy (non-hydrogen) atoms. The molecule has 0 radical (unpaired) electrons. The molecule has 0 spiro atoms. The van der Waals surface area contributed by atoms with Gasteiger partial charge in [0.15, 0.2) is 0 Å². The van der Waals surface area contributed by atoms with Gasteiger partial charge in [0.25, 0.3) is 0 Å². The van der Waals surface area contributed by atoms with Crippen LogP contribution in [-0.2, 0) is 11.0 Å². The second-order valence-electron chi connectivity index (χ2n) is 0.447. The zero-order valence-electron chi connectivity index (χ0n) is 6.16. The minimum atomic E-state index is -1.75. The van der Waals surface area contributed by atoms with Gasteiger partial charge in [0.05, 0.1) is 10.2 Å². The average Bonchev–Trinajstić information content (AvgIpc) is 1.25. The van der Waals surface area contributed by atoms with E-state index in [0.717, 1.165) is 0 Å². The number of hydrogen-bond acceptors (Lipinski definition) is 6. The summed E-state index contributed by atoms with van der Waals surface area (Å²) in [6.07, 6.45) is 0. The molecule has 0 aliphatic rings. The molecule has 6 N–H and O–H groups in total. The van der Waals surface area contributed by atoms with Crippen molar-refractivity contribution in [1.82, 2.24) is 0 Å². The summed E-state index contributed by atoms with van der Waals surface area (Å²) in [5.74, 6) is 0. The first kappa shape index (κ1) is 72.1. The van der Waals surface area contributed by atoms with Crippen molar-refractivity contribution >= 4 is 0 Å². The summed E-state index contributed by atoms with van der Waals surface area (Å²) in [7, 11) is 0. The summed E-state index contributed by atoms with van der Waals surface area (Å²) in [5, 5.41) is 29.5. The van der Waals surface area contributed by atoms with Crippen molar-refractivity contribution in [3.63, 3.8) is 0 Å². The minimum Gasteiger partial charge on any atom is -2.00 e. The third-order valence-corrected chi connectivity index (χ3v) is 0. The Hall–Kier alpha value is -0.748. The molecule has 0 saturated carbocycles. The summed E-state index contributed by atoms with van der Waals surface area (Å²) in [5.41, 5.74) is 0. The molecule has 0 aliphatic carbocycles. The molecule has 0 rings (SSSR count). The quantitative estimate of drug-likeness (QED) is 0.271. The van der Waals surface area contributed by atoms with Gasteiger partial charge in [-0.25, -0.2) is 0 Å². The van der Waals surface area contributed by atoms with Gasteiger partial charge in [-0.15, -0.1) is 0 Å². The monoisotopic (exact) mass is 448 g/mol. The van der Waals surface area contributed by atoms with Crippen LogP contribution in [0.2, 0.25) is 0 Å². The van der Waals surface area contributed by atoms with Crippen molar-refractivity contribution in [1.29, 1.82) is 0 Å². The number of nitrogens with zero attached hydrogens (tertiary/aromatic N) is 2. The second-order valence-corrected chi connectivity index (χ2v) is 0.447. The van der Waals surface area contributed by atoms with Gasteiger partial charge in [-0.05, 0) is 0 Å². The number of rotatable bonds is 0. The van der Waals surface area contributed by atoms with E-state index in [2.05, 4.69) is 0 Å². The molecule has 0 amide bonds. The van der Waals surface area contributed by atoms with E-state index >= 15 is 0 Å². The molecule has 13 nitrogen and oxygen atoms in total. The van der Waals surface area contributed by atoms with Gasteiger partial charge >= 0.3 is 0 Å². The molecule has 0 aliphatic heterocycles. The number of hydrogen-bond donors (Lipinski definition) is 0. The van der Waals surface area contributed by atoms with E-state index in [-0.39, 0.29) is 58.5 Å². The van der Waals surface area contributed by atoms with Crippen molar-refractivity contribution in [2.75, 3.05) is 0 Å². The van der Waals surface area contributed by atoms with Crippen LogP contribution in [0.15, 0.2) is 0 Å². The predicted molar refractivity (Wildman–Crippen MR) is 32.9 cm³/mol. The summed E-state index contributed by atoms with van der Waals surface area (Å²) in [4.78, 5) is 16.5. The van der Waals surface area contributed by atoms with E-state index in [9.17, 15) is 0 Å². The van der Waals surface area contributed by atoms with Crippen LogP contribution in [0.4, 0.5) is 0 Å². The van der Waals surface area contributed by atoms with Gasteiger partial charge in [-0.1, -0.05) is 0 Å². The van der Waals surface area contributed by atoms with Gasteiger partial charge in [0, 0.05) is 31.1 Å². The molecule has 0 unspecified atom stereocenters. The van der Waals surface area contributed by atoms with Crippen molar-refractivity contribution in [3.8, 4) is 0 Å². The molecule has 92 valence electrons. The first-order valence-electron chi connectivity index (χ1n) is 1.10. The molecule has 0 saturated heterocycles. The topological polar surface area (TPSA) is 284 Å². The zero-order chi connectivity index (χ0) is 7.15. The maximum atomic E-state index is 8.25. The zero-order valence-corrected chi connectivity index (χ0v) is 10.3. The van der Waals surface area contributed by atoms with Crippen LogP contribution in [0.3, 0.4) is 0 Å². The molecular formula is H6N2O11U-6. The summed E-state index contributed by atoms with van der Waals surface area (Å²) in [6.45, 7) is 0.